The summed E-state index contributed by atoms with van der Waals surface area (Å²) in [6.45, 7) is 5.31. The SMILES string of the molecule is Cc1ccc(OCCn2cc(C=C3C(=N)N4N=C(SCc5ccccc5)SC4=NC3=O)c3ccccc32)cc1C. The van der Waals surface area contributed by atoms with Crippen LogP contribution in [0.15, 0.2) is 94.7 Å². The number of aliphatic imine (C=N–C) groups is 1. The van der Waals surface area contributed by atoms with Crippen LogP contribution in [0.4, 0.5) is 0 Å². The first-order valence-corrected chi connectivity index (χ1v) is 14.7. The Hall–Kier alpha value is -4.08. The van der Waals surface area contributed by atoms with Gasteiger partial charge < -0.3 is 9.30 Å². The number of hydrazone groups is 1. The fourth-order valence-electron chi connectivity index (χ4n) is 4.55. The van der Waals surface area contributed by atoms with Crippen LogP contribution in [0.1, 0.15) is 22.3 Å². The van der Waals surface area contributed by atoms with Gasteiger partial charge in [0.15, 0.2) is 10.2 Å². The van der Waals surface area contributed by atoms with E-state index in [1.165, 1.54) is 33.5 Å². The number of nitrogens with one attached hydrogen (secondary N) is 1. The Morgan fingerprint density at radius 1 is 1.02 bits per heavy atom. The minimum absolute atomic E-state index is 0.0349. The van der Waals surface area contributed by atoms with Crippen molar-refractivity contribution in [3.8, 4) is 5.75 Å². The molecule has 7 nitrogen and oxygen atoms in total. The highest BCUT2D eigenvalue weighted by atomic mass is 32.2. The molecule has 6 rings (SSSR count). The molecule has 2 aliphatic heterocycles. The Labute approximate surface area is 241 Å². The molecular weight excluding hydrogens is 539 g/mol. The van der Waals surface area contributed by atoms with Gasteiger partial charge in [-0.2, -0.15) is 10.0 Å². The van der Waals surface area contributed by atoms with Crippen molar-refractivity contribution in [1.29, 1.82) is 5.41 Å². The molecule has 2 aliphatic rings. The van der Waals surface area contributed by atoms with Crippen molar-refractivity contribution < 1.29 is 9.53 Å². The van der Waals surface area contributed by atoms with Crippen LogP contribution >= 0.6 is 23.5 Å². The van der Waals surface area contributed by atoms with Gasteiger partial charge >= 0.3 is 0 Å². The lowest BCUT2D eigenvalue weighted by atomic mass is 10.1. The number of ether oxygens (including phenoxy) is 1. The molecule has 1 amide bonds. The Bertz CT molecular complexity index is 1720. The van der Waals surface area contributed by atoms with E-state index in [-0.39, 0.29) is 11.4 Å². The first-order chi connectivity index (χ1) is 19.5. The number of nitrogens with zero attached hydrogens (tertiary/aromatic N) is 4. The highest BCUT2D eigenvalue weighted by Gasteiger charge is 2.36. The molecule has 0 saturated carbocycles. The monoisotopic (exact) mass is 565 g/mol. The number of benzene rings is 3. The van der Waals surface area contributed by atoms with E-state index < -0.39 is 5.91 Å². The molecule has 9 heteroatoms. The third-order valence-electron chi connectivity index (χ3n) is 6.84. The second-order valence-electron chi connectivity index (χ2n) is 9.55. The number of amidine groups is 2. The van der Waals surface area contributed by atoms with Gasteiger partial charge in [0.1, 0.15) is 12.4 Å². The van der Waals surface area contributed by atoms with Crippen LogP contribution in [0.25, 0.3) is 17.0 Å². The lowest BCUT2D eigenvalue weighted by Gasteiger charge is -2.20. The number of amides is 1. The molecule has 0 radical (unpaired) electrons. The molecule has 0 saturated heterocycles. The number of aryl methyl sites for hydroxylation is 2. The molecule has 3 heterocycles. The molecule has 4 aromatic rings. The van der Waals surface area contributed by atoms with E-state index in [4.69, 9.17) is 10.1 Å². The second-order valence-corrected chi connectivity index (χ2v) is 11.7. The van der Waals surface area contributed by atoms with Gasteiger partial charge in [0, 0.05) is 28.4 Å². The van der Waals surface area contributed by atoms with Crippen molar-refractivity contribution in [2.45, 2.75) is 26.1 Å². The van der Waals surface area contributed by atoms with Crippen LogP contribution in [-0.2, 0) is 17.1 Å². The summed E-state index contributed by atoms with van der Waals surface area (Å²) in [6, 6.07) is 24.3. The molecular formula is C31H27N5O2S2. The van der Waals surface area contributed by atoms with Crippen molar-refractivity contribution in [3.05, 3.63) is 107 Å². The summed E-state index contributed by atoms with van der Waals surface area (Å²) < 4.78 is 8.91. The molecule has 1 aromatic heterocycles. The zero-order valence-electron chi connectivity index (χ0n) is 22.1. The van der Waals surface area contributed by atoms with Crippen molar-refractivity contribution in [1.82, 2.24) is 9.58 Å². The first kappa shape index (κ1) is 26.2. The van der Waals surface area contributed by atoms with Gasteiger partial charge in [-0.15, -0.1) is 5.10 Å². The fourth-order valence-corrected chi connectivity index (χ4v) is 6.43. The summed E-state index contributed by atoms with van der Waals surface area (Å²) in [6.07, 6.45) is 3.76. The molecule has 0 aliphatic carbocycles. The number of para-hydroxylation sites is 1. The molecule has 200 valence electrons. The lowest BCUT2D eigenvalue weighted by molar-refractivity contribution is -0.114. The quantitative estimate of drug-likeness (QED) is 0.248. The van der Waals surface area contributed by atoms with Crippen LogP contribution in [0.3, 0.4) is 0 Å². The van der Waals surface area contributed by atoms with Crippen molar-refractivity contribution in [2.75, 3.05) is 6.61 Å². The van der Waals surface area contributed by atoms with Crippen LogP contribution < -0.4 is 4.74 Å². The van der Waals surface area contributed by atoms with Crippen LogP contribution in [0.5, 0.6) is 5.75 Å². The third kappa shape index (κ3) is 5.35. The molecule has 0 unspecified atom stereocenters. The maximum atomic E-state index is 13.0. The third-order valence-corrected chi connectivity index (χ3v) is 8.95. The Balaban J connectivity index is 1.21. The Morgan fingerprint density at radius 2 is 1.82 bits per heavy atom. The molecule has 0 fully saturated rings. The zero-order chi connectivity index (χ0) is 27.6. The number of aromatic nitrogens is 1. The maximum Gasteiger partial charge on any atom is 0.283 e. The van der Waals surface area contributed by atoms with Crippen molar-refractivity contribution in [2.24, 2.45) is 10.1 Å². The topological polar surface area (TPSA) is 83.0 Å². The van der Waals surface area contributed by atoms with Gasteiger partial charge in [0.05, 0.1) is 12.1 Å². The molecule has 0 spiro atoms. The number of carbonyl (C=O) groups excluding carboxylic acids is 1. The highest BCUT2D eigenvalue weighted by molar-refractivity contribution is 8.45. The summed E-state index contributed by atoms with van der Waals surface area (Å²) in [5, 5.41) is 16.3. The van der Waals surface area contributed by atoms with Crippen molar-refractivity contribution in [3.63, 3.8) is 0 Å². The molecule has 1 N–H and O–H groups in total. The summed E-state index contributed by atoms with van der Waals surface area (Å²) in [7, 11) is 0. The predicted molar refractivity (Wildman–Crippen MR) is 166 cm³/mol. The average Bonchev–Trinajstić information content (AvgIpc) is 3.53. The van der Waals surface area contributed by atoms with Gasteiger partial charge in [-0.3, -0.25) is 10.2 Å². The van der Waals surface area contributed by atoms with Crippen LogP contribution in [0, 0.1) is 19.3 Å². The van der Waals surface area contributed by atoms with E-state index in [2.05, 4.69) is 58.8 Å². The van der Waals surface area contributed by atoms with Crippen LogP contribution in [0.2, 0.25) is 0 Å². The molecule has 0 bridgehead atoms. The number of hydrogen-bond acceptors (Lipinski definition) is 6. The minimum atomic E-state index is -0.428. The number of hydrogen-bond donors (Lipinski definition) is 1. The second kappa shape index (κ2) is 11.2. The van der Waals surface area contributed by atoms with Gasteiger partial charge in [-0.25, -0.2) is 0 Å². The summed E-state index contributed by atoms with van der Waals surface area (Å²) in [5.41, 5.74) is 5.73. The van der Waals surface area contributed by atoms with E-state index in [0.29, 0.717) is 18.3 Å². The normalized spacial score (nSPS) is 15.9. The van der Waals surface area contributed by atoms with Gasteiger partial charge in [-0.1, -0.05) is 66.4 Å². The number of carbonyl (C=O) groups is 1. The van der Waals surface area contributed by atoms with E-state index in [0.717, 1.165) is 32.3 Å². The number of fused-ring (bicyclic) bond motifs is 2. The van der Waals surface area contributed by atoms with Gasteiger partial charge in [0.25, 0.3) is 5.91 Å². The average molecular weight is 566 g/mol. The maximum absolute atomic E-state index is 13.0. The van der Waals surface area contributed by atoms with Crippen LogP contribution in [-0.4, -0.2) is 37.5 Å². The first-order valence-electron chi connectivity index (χ1n) is 12.9. The van der Waals surface area contributed by atoms with E-state index >= 15 is 0 Å². The standard InChI is InChI=1S/C31H27N5O2S2/c1-20-12-13-24(16-21(20)2)38-15-14-35-18-23(25-10-6-7-11-27(25)35)17-26-28(32)36-30(33-29(26)37)40-31(34-36)39-19-22-8-4-3-5-9-22/h3-13,16-18,32H,14-15,19H2,1-2H3. The predicted octanol–water partition coefficient (Wildman–Crippen LogP) is 6.85. The largest absolute Gasteiger partial charge is 0.492 e. The van der Waals surface area contributed by atoms with E-state index in [1.807, 2.05) is 48.7 Å². The van der Waals surface area contributed by atoms with Gasteiger partial charge in [-0.05, 0) is 66.6 Å². The molecule has 40 heavy (non-hydrogen) atoms. The summed E-state index contributed by atoms with van der Waals surface area (Å²) in [4.78, 5) is 17.3. The lowest BCUT2D eigenvalue weighted by Crippen LogP contribution is -2.35. The molecule has 0 atom stereocenters. The minimum Gasteiger partial charge on any atom is -0.492 e. The smallest absolute Gasteiger partial charge is 0.283 e. The zero-order valence-corrected chi connectivity index (χ0v) is 23.8. The highest BCUT2D eigenvalue weighted by Crippen LogP contribution is 2.34. The van der Waals surface area contributed by atoms with Gasteiger partial charge in [0.2, 0.25) is 5.17 Å². The van der Waals surface area contributed by atoms with E-state index in [1.54, 1.807) is 17.8 Å². The number of thioether (sulfide) groups is 2. The number of rotatable bonds is 7. The van der Waals surface area contributed by atoms with E-state index in [9.17, 15) is 4.79 Å². The Morgan fingerprint density at radius 3 is 2.65 bits per heavy atom. The summed E-state index contributed by atoms with van der Waals surface area (Å²) >= 11 is 2.90. The Kier molecular flexibility index (Phi) is 7.32. The summed E-state index contributed by atoms with van der Waals surface area (Å²) in [5.74, 6) is 1.21. The van der Waals surface area contributed by atoms with Crippen molar-refractivity contribution >= 4 is 61.8 Å². The fraction of sp³-hybridized carbons (Fsp3) is 0.161. The molecule has 3 aromatic carbocycles.